The van der Waals surface area contributed by atoms with Gasteiger partial charge in [0.15, 0.2) is 17.3 Å². The minimum atomic E-state index is -1.24. The van der Waals surface area contributed by atoms with Crippen LogP contribution in [0.5, 0.6) is 0 Å². The number of halogens is 2. The Kier molecular flexibility index (Phi) is 4.70. The molecule has 2 aromatic rings. The van der Waals surface area contributed by atoms with Crippen LogP contribution >= 0.6 is 0 Å². The standard InChI is InChI=1S/C15H14F2N4O4/c16-9-2-1-8(5-10(9)17)14-11(3-4-25-14)18-13(22)7-21-6-12(15(23)24)19-20-21/h1-2,5-6,11,14H,3-4,7H2,(H,18,22)(H,23,24). The third kappa shape index (κ3) is 3.79. The number of carbonyl (C=O) groups excluding carboxylic acids is 1. The Morgan fingerprint density at radius 3 is 2.84 bits per heavy atom. The van der Waals surface area contributed by atoms with Crippen molar-refractivity contribution in [2.45, 2.75) is 25.1 Å². The lowest BCUT2D eigenvalue weighted by Crippen LogP contribution is -2.38. The van der Waals surface area contributed by atoms with Gasteiger partial charge in [0.05, 0.1) is 12.2 Å². The summed E-state index contributed by atoms with van der Waals surface area (Å²) in [6.45, 7) is 0.141. The van der Waals surface area contributed by atoms with E-state index in [4.69, 9.17) is 9.84 Å². The predicted molar refractivity (Wildman–Crippen MR) is 78.6 cm³/mol. The first-order valence-corrected chi connectivity index (χ1v) is 7.43. The number of benzene rings is 1. The molecule has 2 heterocycles. The number of ether oxygens (including phenoxy) is 1. The normalized spacial score (nSPS) is 19.8. The number of aromatic carboxylic acids is 1. The summed E-state index contributed by atoms with van der Waals surface area (Å²) in [6.07, 6.45) is 1.05. The van der Waals surface area contributed by atoms with Crippen LogP contribution in [0.2, 0.25) is 0 Å². The minimum absolute atomic E-state index is 0.221. The van der Waals surface area contributed by atoms with Crippen molar-refractivity contribution in [3.8, 4) is 0 Å². The molecule has 2 unspecified atom stereocenters. The smallest absolute Gasteiger partial charge is 0.358 e. The Morgan fingerprint density at radius 2 is 2.16 bits per heavy atom. The van der Waals surface area contributed by atoms with Gasteiger partial charge in [-0.2, -0.15) is 0 Å². The second kappa shape index (κ2) is 6.93. The molecule has 10 heteroatoms. The third-order valence-corrected chi connectivity index (χ3v) is 3.77. The highest BCUT2D eigenvalue weighted by Gasteiger charge is 2.31. The summed E-state index contributed by atoms with van der Waals surface area (Å²) in [4.78, 5) is 22.8. The number of nitrogens with zero attached hydrogens (tertiary/aromatic N) is 3. The quantitative estimate of drug-likeness (QED) is 0.828. The molecule has 0 radical (unpaired) electrons. The maximum absolute atomic E-state index is 13.4. The van der Waals surface area contributed by atoms with Gasteiger partial charge in [0, 0.05) is 6.61 Å². The highest BCUT2D eigenvalue weighted by molar-refractivity contribution is 5.84. The molecule has 2 atom stereocenters. The van der Waals surface area contributed by atoms with Gasteiger partial charge < -0.3 is 15.2 Å². The second-order valence-corrected chi connectivity index (χ2v) is 5.53. The molecule has 1 aliphatic rings. The zero-order valence-corrected chi connectivity index (χ0v) is 12.9. The summed E-state index contributed by atoms with van der Waals surface area (Å²) in [7, 11) is 0. The van der Waals surface area contributed by atoms with Gasteiger partial charge in [-0.3, -0.25) is 4.79 Å². The van der Waals surface area contributed by atoms with Crippen molar-refractivity contribution in [3.63, 3.8) is 0 Å². The first kappa shape index (κ1) is 17.0. The van der Waals surface area contributed by atoms with Crippen molar-refractivity contribution < 1.29 is 28.2 Å². The summed E-state index contributed by atoms with van der Waals surface area (Å²) in [5.74, 6) is -3.61. The SMILES string of the molecule is O=C(Cn1cc(C(=O)O)nn1)NC1CCOC1c1ccc(F)c(F)c1. The number of amides is 1. The number of hydrogen-bond acceptors (Lipinski definition) is 5. The molecule has 0 bridgehead atoms. The summed E-state index contributed by atoms with van der Waals surface area (Å²) in [5, 5.41) is 18.5. The Labute approximate surface area is 140 Å². The molecule has 0 saturated carbocycles. The lowest BCUT2D eigenvalue weighted by Gasteiger charge is -2.20. The molecule has 3 rings (SSSR count). The van der Waals surface area contributed by atoms with E-state index in [1.807, 2.05) is 0 Å². The van der Waals surface area contributed by atoms with Crippen LogP contribution in [0.25, 0.3) is 0 Å². The maximum atomic E-state index is 13.4. The molecular formula is C15H14F2N4O4. The van der Waals surface area contributed by atoms with E-state index in [0.717, 1.165) is 23.0 Å². The lowest BCUT2D eigenvalue weighted by atomic mass is 10.0. The van der Waals surface area contributed by atoms with E-state index in [1.165, 1.54) is 6.07 Å². The molecule has 25 heavy (non-hydrogen) atoms. The fourth-order valence-corrected chi connectivity index (χ4v) is 2.63. The van der Waals surface area contributed by atoms with Crippen LogP contribution < -0.4 is 5.32 Å². The number of nitrogens with one attached hydrogen (secondary N) is 1. The Morgan fingerprint density at radius 1 is 1.36 bits per heavy atom. The second-order valence-electron chi connectivity index (χ2n) is 5.53. The Hall–Kier alpha value is -2.88. The molecule has 1 saturated heterocycles. The van der Waals surface area contributed by atoms with Crippen LogP contribution in [0.4, 0.5) is 8.78 Å². The fourth-order valence-electron chi connectivity index (χ4n) is 2.63. The van der Waals surface area contributed by atoms with Gasteiger partial charge >= 0.3 is 5.97 Å². The molecule has 1 aliphatic heterocycles. The maximum Gasteiger partial charge on any atom is 0.358 e. The van der Waals surface area contributed by atoms with Crippen LogP contribution in [0.1, 0.15) is 28.6 Å². The zero-order chi connectivity index (χ0) is 18.0. The largest absolute Gasteiger partial charge is 0.476 e. The van der Waals surface area contributed by atoms with Crippen LogP contribution in [-0.2, 0) is 16.1 Å². The first-order valence-electron chi connectivity index (χ1n) is 7.43. The van der Waals surface area contributed by atoms with E-state index in [2.05, 4.69) is 15.6 Å². The van der Waals surface area contributed by atoms with Gasteiger partial charge in [0.1, 0.15) is 12.6 Å². The van der Waals surface area contributed by atoms with Crippen molar-refractivity contribution in [1.82, 2.24) is 20.3 Å². The molecule has 2 N–H and O–H groups in total. The Bertz CT molecular complexity index is 811. The van der Waals surface area contributed by atoms with Crippen molar-refractivity contribution in [2.24, 2.45) is 0 Å². The zero-order valence-electron chi connectivity index (χ0n) is 12.9. The third-order valence-electron chi connectivity index (χ3n) is 3.77. The minimum Gasteiger partial charge on any atom is -0.476 e. The van der Waals surface area contributed by atoms with Crippen molar-refractivity contribution in [3.05, 3.63) is 47.3 Å². The van der Waals surface area contributed by atoms with Crippen LogP contribution in [0.15, 0.2) is 24.4 Å². The first-order chi connectivity index (χ1) is 11.9. The van der Waals surface area contributed by atoms with Gasteiger partial charge in [-0.1, -0.05) is 11.3 Å². The van der Waals surface area contributed by atoms with Crippen LogP contribution in [0.3, 0.4) is 0 Å². The molecule has 1 aromatic heterocycles. The monoisotopic (exact) mass is 352 g/mol. The summed E-state index contributed by atoms with van der Waals surface area (Å²) < 4.78 is 33.1. The van der Waals surface area contributed by atoms with Gasteiger partial charge in [-0.05, 0) is 24.1 Å². The summed E-state index contributed by atoms with van der Waals surface area (Å²) in [5.41, 5.74) is 0.160. The van der Waals surface area contributed by atoms with E-state index in [-0.39, 0.29) is 12.2 Å². The van der Waals surface area contributed by atoms with Gasteiger partial charge in [0.25, 0.3) is 0 Å². The Balaban J connectivity index is 1.65. The number of hydrogen-bond donors (Lipinski definition) is 2. The van der Waals surface area contributed by atoms with Gasteiger partial charge in [0.2, 0.25) is 5.91 Å². The number of carboxylic acid groups (broad SMARTS) is 1. The number of rotatable bonds is 5. The average molecular weight is 352 g/mol. The van der Waals surface area contributed by atoms with E-state index >= 15 is 0 Å². The van der Waals surface area contributed by atoms with E-state index in [1.54, 1.807) is 0 Å². The molecule has 0 aliphatic carbocycles. The van der Waals surface area contributed by atoms with Crippen molar-refractivity contribution in [2.75, 3.05) is 6.61 Å². The molecular weight excluding hydrogens is 338 g/mol. The van der Waals surface area contributed by atoms with Crippen molar-refractivity contribution in [1.29, 1.82) is 0 Å². The lowest BCUT2D eigenvalue weighted by molar-refractivity contribution is -0.123. The molecule has 8 nitrogen and oxygen atoms in total. The van der Waals surface area contributed by atoms with Gasteiger partial charge in [-0.25, -0.2) is 18.3 Å². The molecule has 1 aromatic carbocycles. The highest BCUT2D eigenvalue weighted by Crippen LogP contribution is 2.30. The number of carbonyl (C=O) groups is 2. The summed E-state index contributed by atoms with van der Waals surface area (Å²) in [6, 6.07) is 3.04. The summed E-state index contributed by atoms with van der Waals surface area (Å²) >= 11 is 0. The van der Waals surface area contributed by atoms with E-state index < -0.39 is 35.7 Å². The van der Waals surface area contributed by atoms with Crippen LogP contribution in [0, 0.1) is 11.6 Å². The highest BCUT2D eigenvalue weighted by atomic mass is 19.2. The molecule has 132 valence electrons. The predicted octanol–water partition coefficient (Wildman–Crippen LogP) is 0.901. The van der Waals surface area contributed by atoms with Gasteiger partial charge in [-0.15, -0.1) is 5.10 Å². The van der Waals surface area contributed by atoms with Crippen LogP contribution in [-0.4, -0.2) is 44.6 Å². The number of aromatic nitrogens is 3. The van der Waals surface area contributed by atoms with Crippen molar-refractivity contribution >= 4 is 11.9 Å². The molecule has 1 amide bonds. The van der Waals surface area contributed by atoms with E-state index in [0.29, 0.717) is 18.6 Å². The van der Waals surface area contributed by atoms with E-state index in [9.17, 15) is 18.4 Å². The topological polar surface area (TPSA) is 106 Å². The average Bonchev–Trinajstić information content (AvgIpc) is 3.19. The number of carboxylic acids is 1. The molecule has 1 fully saturated rings. The molecule has 0 spiro atoms. The fraction of sp³-hybridized carbons (Fsp3) is 0.333.